The molecule has 1 aromatic heterocycles. The maximum atomic E-state index is 5.55. The average Bonchev–Trinajstić information content (AvgIpc) is 2.30. The fourth-order valence-corrected chi connectivity index (χ4v) is 1.43. The molecule has 0 saturated carbocycles. The summed E-state index contributed by atoms with van der Waals surface area (Å²) >= 11 is 3.36. The Morgan fingerprint density at radius 1 is 1.25 bits per heavy atom. The minimum absolute atomic E-state index is 0.634. The minimum atomic E-state index is 0.634. The number of pyridine rings is 1. The molecule has 0 amide bonds. The monoisotopic (exact) mass is 289 g/mol. The van der Waals surface area contributed by atoms with Gasteiger partial charge in [-0.15, -0.1) is 0 Å². The van der Waals surface area contributed by atoms with E-state index in [-0.39, 0.29) is 0 Å². The molecule has 0 bridgehead atoms. The van der Waals surface area contributed by atoms with E-state index in [1.807, 2.05) is 6.07 Å². The van der Waals surface area contributed by atoms with E-state index in [1.165, 1.54) is 0 Å². The highest BCUT2D eigenvalue weighted by atomic mass is 79.9. The van der Waals surface area contributed by atoms with E-state index < -0.39 is 0 Å². The first-order valence-corrected chi connectivity index (χ1v) is 5.93. The van der Waals surface area contributed by atoms with Gasteiger partial charge >= 0.3 is 0 Å². The van der Waals surface area contributed by atoms with Crippen molar-refractivity contribution in [1.29, 1.82) is 0 Å². The van der Waals surface area contributed by atoms with Crippen molar-refractivity contribution in [1.82, 2.24) is 4.98 Å². The Bertz CT molecular complexity index is 296. The number of ether oxygens (including phenoxy) is 3. The molecule has 0 radical (unpaired) electrons. The molecule has 0 aliphatic carbocycles. The number of halogens is 1. The number of rotatable bonds is 8. The predicted molar refractivity (Wildman–Crippen MR) is 64.7 cm³/mol. The average molecular weight is 290 g/mol. The summed E-state index contributed by atoms with van der Waals surface area (Å²) in [6.07, 6.45) is 4.28. The van der Waals surface area contributed by atoms with Crippen molar-refractivity contribution in [2.75, 3.05) is 33.5 Å². The summed E-state index contributed by atoms with van der Waals surface area (Å²) in [6.45, 7) is 2.59. The number of hydrogen-bond donors (Lipinski definition) is 0. The van der Waals surface area contributed by atoms with E-state index in [1.54, 1.807) is 19.5 Å². The summed E-state index contributed by atoms with van der Waals surface area (Å²) in [7, 11) is 1.66. The lowest BCUT2D eigenvalue weighted by Gasteiger charge is -2.07. The summed E-state index contributed by atoms with van der Waals surface area (Å²) in [6, 6.07) is 1.83. The van der Waals surface area contributed by atoms with Crippen molar-refractivity contribution >= 4 is 15.9 Å². The van der Waals surface area contributed by atoms with Gasteiger partial charge in [0.15, 0.2) is 0 Å². The molecule has 0 atom stereocenters. The summed E-state index contributed by atoms with van der Waals surface area (Å²) in [4.78, 5) is 3.96. The van der Waals surface area contributed by atoms with E-state index in [2.05, 4.69) is 20.9 Å². The second-order valence-electron chi connectivity index (χ2n) is 3.11. The van der Waals surface area contributed by atoms with Crippen LogP contribution in [0, 0.1) is 0 Å². The van der Waals surface area contributed by atoms with Crippen LogP contribution < -0.4 is 4.74 Å². The van der Waals surface area contributed by atoms with Crippen LogP contribution >= 0.6 is 15.9 Å². The van der Waals surface area contributed by atoms with E-state index in [0.29, 0.717) is 26.4 Å². The fraction of sp³-hybridized carbons (Fsp3) is 0.545. The minimum Gasteiger partial charge on any atom is -0.492 e. The quantitative estimate of drug-likeness (QED) is 0.689. The molecule has 0 aromatic carbocycles. The van der Waals surface area contributed by atoms with Crippen LogP contribution in [0.25, 0.3) is 0 Å². The van der Waals surface area contributed by atoms with E-state index in [0.717, 1.165) is 16.6 Å². The fourth-order valence-electron chi connectivity index (χ4n) is 1.07. The van der Waals surface area contributed by atoms with Gasteiger partial charge in [-0.3, -0.25) is 4.98 Å². The number of nitrogens with zero attached hydrogens (tertiary/aromatic N) is 1. The van der Waals surface area contributed by atoms with Crippen LogP contribution in [0.2, 0.25) is 0 Å². The molecular weight excluding hydrogens is 274 g/mol. The molecule has 16 heavy (non-hydrogen) atoms. The molecule has 0 spiro atoms. The van der Waals surface area contributed by atoms with E-state index >= 15 is 0 Å². The highest BCUT2D eigenvalue weighted by Crippen LogP contribution is 2.22. The van der Waals surface area contributed by atoms with Gasteiger partial charge in [-0.1, -0.05) is 0 Å². The number of hydrogen-bond acceptors (Lipinski definition) is 4. The Labute approximate surface area is 104 Å². The summed E-state index contributed by atoms with van der Waals surface area (Å²) in [5.41, 5.74) is 0. The van der Waals surface area contributed by atoms with Crippen molar-refractivity contribution in [3.8, 4) is 5.75 Å². The molecule has 0 unspecified atom stereocenters. The lowest BCUT2D eigenvalue weighted by Crippen LogP contribution is -2.06. The topological polar surface area (TPSA) is 40.6 Å². The Morgan fingerprint density at radius 3 is 2.88 bits per heavy atom. The van der Waals surface area contributed by atoms with Gasteiger partial charge in [-0.05, 0) is 22.0 Å². The third kappa shape index (κ3) is 5.44. The molecule has 0 aliphatic rings. The Hall–Kier alpha value is -0.650. The zero-order valence-electron chi connectivity index (χ0n) is 9.32. The highest BCUT2D eigenvalue weighted by molar-refractivity contribution is 9.10. The zero-order chi connectivity index (χ0) is 11.6. The lowest BCUT2D eigenvalue weighted by atomic mass is 10.4. The molecule has 0 saturated heterocycles. The molecule has 0 fully saturated rings. The van der Waals surface area contributed by atoms with Gasteiger partial charge in [0.05, 0.1) is 24.3 Å². The molecule has 90 valence electrons. The highest BCUT2D eigenvalue weighted by Gasteiger charge is 1.99. The summed E-state index contributed by atoms with van der Waals surface area (Å²) in [5, 5.41) is 0. The SMILES string of the molecule is COCCOCCCOc1ccncc1Br. The van der Waals surface area contributed by atoms with Gasteiger partial charge in [0.2, 0.25) is 0 Å². The largest absolute Gasteiger partial charge is 0.492 e. The van der Waals surface area contributed by atoms with Gasteiger partial charge in [0.1, 0.15) is 5.75 Å². The third-order valence-corrected chi connectivity index (χ3v) is 2.45. The van der Waals surface area contributed by atoms with Crippen molar-refractivity contribution in [3.05, 3.63) is 22.9 Å². The normalized spacial score (nSPS) is 10.4. The van der Waals surface area contributed by atoms with Crippen LogP contribution in [0.15, 0.2) is 22.9 Å². The Balaban J connectivity index is 2.05. The van der Waals surface area contributed by atoms with Gasteiger partial charge in [-0.25, -0.2) is 0 Å². The number of aromatic nitrogens is 1. The van der Waals surface area contributed by atoms with Crippen LogP contribution in [0.3, 0.4) is 0 Å². The van der Waals surface area contributed by atoms with Crippen molar-refractivity contribution < 1.29 is 14.2 Å². The van der Waals surface area contributed by atoms with Crippen LogP contribution in [0.5, 0.6) is 5.75 Å². The van der Waals surface area contributed by atoms with Crippen LogP contribution in [0.4, 0.5) is 0 Å². The summed E-state index contributed by atoms with van der Waals surface area (Å²) in [5.74, 6) is 0.812. The molecule has 4 nitrogen and oxygen atoms in total. The smallest absolute Gasteiger partial charge is 0.136 e. The second kappa shape index (κ2) is 8.50. The Morgan fingerprint density at radius 2 is 2.12 bits per heavy atom. The Kier molecular flexibility index (Phi) is 7.12. The molecule has 1 rings (SSSR count). The lowest BCUT2D eigenvalue weighted by molar-refractivity contribution is 0.0644. The van der Waals surface area contributed by atoms with Gasteiger partial charge in [-0.2, -0.15) is 0 Å². The number of methoxy groups -OCH3 is 1. The van der Waals surface area contributed by atoms with E-state index in [4.69, 9.17) is 14.2 Å². The first-order chi connectivity index (χ1) is 7.84. The van der Waals surface area contributed by atoms with Crippen molar-refractivity contribution in [3.63, 3.8) is 0 Å². The maximum absolute atomic E-state index is 5.55. The van der Waals surface area contributed by atoms with E-state index in [9.17, 15) is 0 Å². The molecule has 0 aliphatic heterocycles. The molecule has 1 aromatic rings. The first-order valence-electron chi connectivity index (χ1n) is 5.13. The first kappa shape index (κ1) is 13.4. The van der Waals surface area contributed by atoms with Crippen LogP contribution in [0.1, 0.15) is 6.42 Å². The standard InChI is InChI=1S/C11H16BrNO3/c1-14-7-8-15-5-2-6-16-11-3-4-13-9-10(11)12/h3-4,9H,2,5-8H2,1H3. The molecule has 1 heterocycles. The van der Waals surface area contributed by atoms with Gasteiger partial charge in [0, 0.05) is 32.5 Å². The summed E-state index contributed by atoms with van der Waals surface area (Å²) < 4.78 is 16.6. The maximum Gasteiger partial charge on any atom is 0.136 e. The molecule has 0 N–H and O–H groups in total. The molecule has 5 heteroatoms. The van der Waals surface area contributed by atoms with Crippen molar-refractivity contribution in [2.24, 2.45) is 0 Å². The van der Waals surface area contributed by atoms with Gasteiger partial charge in [0.25, 0.3) is 0 Å². The molecular formula is C11H16BrNO3. The zero-order valence-corrected chi connectivity index (χ0v) is 10.9. The van der Waals surface area contributed by atoms with Gasteiger partial charge < -0.3 is 14.2 Å². The predicted octanol–water partition coefficient (Wildman–Crippen LogP) is 2.28. The van der Waals surface area contributed by atoms with Crippen LogP contribution in [-0.2, 0) is 9.47 Å². The van der Waals surface area contributed by atoms with Crippen LogP contribution in [-0.4, -0.2) is 38.5 Å². The third-order valence-electron chi connectivity index (χ3n) is 1.86. The second-order valence-corrected chi connectivity index (χ2v) is 3.97. The van der Waals surface area contributed by atoms with Crippen molar-refractivity contribution in [2.45, 2.75) is 6.42 Å².